The van der Waals surface area contributed by atoms with E-state index in [2.05, 4.69) is 15.3 Å². The van der Waals surface area contributed by atoms with Crippen molar-refractivity contribution >= 4 is 22.5 Å². The summed E-state index contributed by atoms with van der Waals surface area (Å²) in [4.78, 5) is 33.4. The normalized spacial score (nSPS) is 10.8. The van der Waals surface area contributed by atoms with Gasteiger partial charge in [0.05, 0.1) is 12.2 Å². The number of anilines is 1. The van der Waals surface area contributed by atoms with E-state index in [0.717, 1.165) is 16.3 Å². The highest BCUT2D eigenvalue weighted by molar-refractivity contribution is 6.02. The molecule has 2 heterocycles. The van der Waals surface area contributed by atoms with Crippen LogP contribution >= 0.6 is 0 Å². The van der Waals surface area contributed by atoms with Crippen LogP contribution in [0.25, 0.3) is 22.0 Å². The zero-order valence-corrected chi connectivity index (χ0v) is 15.3. The number of aromatic nitrogens is 3. The van der Waals surface area contributed by atoms with Gasteiger partial charge in [-0.2, -0.15) is 0 Å². The van der Waals surface area contributed by atoms with E-state index in [1.54, 1.807) is 31.6 Å². The van der Waals surface area contributed by atoms with E-state index in [1.165, 1.54) is 10.6 Å². The molecule has 0 spiro atoms. The molecule has 28 heavy (non-hydrogen) atoms. The van der Waals surface area contributed by atoms with E-state index in [4.69, 9.17) is 0 Å². The first kappa shape index (κ1) is 17.6. The molecule has 0 atom stereocenters. The van der Waals surface area contributed by atoms with Crippen LogP contribution in [0.5, 0.6) is 0 Å². The van der Waals surface area contributed by atoms with Crippen LogP contribution in [0.3, 0.4) is 0 Å². The summed E-state index contributed by atoms with van der Waals surface area (Å²) in [5, 5.41) is 5.09. The molecule has 0 fully saturated rings. The van der Waals surface area contributed by atoms with E-state index in [-0.39, 0.29) is 17.9 Å². The van der Waals surface area contributed by atoms with E-state index < -0.39 is 0 Å². The maximum Gasteiger partial charge on any atom is 0.255 e. The minimum Gasteiger partial charge on any atom is -0.348 e. The molecule has 0 aliphatic rings. The summed E-state index contributed by atoms with van der Waals surface area (Å²) < 4.78 is 1.39. The largest absolute Gasteiger partial charge is 0.348 e. The third-order valence-electron chi connectivity index (χ3n) is 4.59. The number of ketones is 1. The molecule has 0 aliphatic carbocycles. The zero-order valence-electron chi connectivity index (χ0n) is 15.3. The molecular weight excluding hydrogens is 352 g/mol. The topological polar surface area (TPSA) is 76.9 Å². The van der Waals surface area contributed by atoms with Gasteiger partial charge in [0.25, 0.3) is 5.56 Å². The molecule has 1 N–H and O–H groups in total. The molecule has 0 unspecified atom stereocenters. The zero-order chi connectivity index (χ0) is 19.5. The Morgan fingerprint density at radius 3 is 2.54 bits per heavy atom. The SMILES string of the molecule is Cn1c(NCC(=O)c2ccc3ccccc3c2)nc(-c2ccncc2)cc1=O. The first-order chi connectivity index (χ1) is 13.6. The molecular formula is C22H18N4O2. The van der Waals surface area contributed by atoms with Gasteiger partial charge in [-0.25, -0.2) is 4.98 Å². The van der Waals surface area contributed by atoms with Gasteiger partial charge in [-0.15, -0.1) is 0 Å². The predicted octanol–water partition coefficient (Wildman–Crippen LogP) is 3.29. The van der Waals surface area contributed by atoms with Crippen LogP contribution in [0.4, 0.5) is 5.95 Å². The first-order valence-electron chi connectivity index (χ1n) is 8.86. The first-order valence-corrected chi connectivity index (χ1v) is 8.86. The van der Waals surface area contributed by atoms with Gasteiger partial charge < -0.3 is 5.32 Å². The van der Waals surface area contributed by atoms with Gasteiger partial charge in [0, 0.05) is 36.6 Å². The van der Waals surface area contributed by atoms with Crippen LogP contribution < -0.4 is 10.9 Å². The summed E-state index contributed by atoms with van der Waals surface area (Å²) >= 11 is 0. The van der Waals surface area contributed by atoms with E-state index in [1.807, 2.05) is 42.5 Å². The Morgan fingerprint density at radius 2 is 1.75 bits per heavy atom. The van der Waals surface area contributed by atoms with Crippen molar-refractivity contribution in [2.45, 2.75) is 0 Å². The Hall–Kier alpha value is -3.80. The summed E-state index contributed by atoms with van der Waals surface area (Å²) in [5.41, 5.74) is 1.73. The molecule has 0 radical (unpaired) electrons. The molecule has 138 valence electrons. The van der Waals surface area contributed by atoms with Gasteiger partial charge in [-0.3, -0.25) is 19.1 Å². The summed E-state index contributed by atoms with van der Waals surface area (Å²) in [7, 11) is 1.62. The van der Waals surface area contributed by atoms with Crippen molar-refractivity contribution in [3.63, 3.8) is 0 Å². The van der Waals surface area contributed by atoms with Crippen LogP contribution in [0, 0.1) is 0 Å². The van der Waals surface area contributed by atoms with Crippen LogP contribution in [0.2, 0.25) is 0 Å². The fourth-order valence-electron chi connectivity index (χ4n) is 2.99. The monoisotopic (exact) mass is 370 g/mol. The fraction of sp³-hybridized carbons (Fsp3) is 0.0909. The van der Waals surface area contributed by atoms with Crippen LogP contribution in [-0.2, 0) is 7.05 Å². The average molecular weight is 370 g/mol. The van der Waals surface area contributed by atoms with Gasteiger partial charge in [0.15, 0.2) is 5.78 Å². The molecule has 2 aromatic heterocycles. The van der Waals surface area contributed by atoms with Crippen molar-refractivity contribution in [2.24, 2.45) is 7.05 Å². The molecule has 4 rings (SSSR count). The lowest BCUT2D eigenvalue weighted by Gasteiger charge is -2.11. The van der Waals surface area contributed by atoms with Gasteiger partial charge in [0.1, 0.15) is 0 Å². The minimum atomic E-state index is -0.206. The average Bonchev–Trinajstić information content (AvgIpc) is 2.74. The highest BCUT2D eigenvalue weighted by Gasteiger charge is 2.11. The number of nitrogens with zero attached hydrogens (tertiary/aromatic N) is 3. The number of carbonyl (C=O) groups is 1. The maximum absolute atomic E-state index is 12.6. The van der Waals surface area contributed by atoms with E-state index in [9.17, 15) is 9.59 Å². The van der Waals surface area contributed by atoms with Crippen LogP contribution in [0.1, 0.15) is 10.4 Å². The number of rotatable bonds is 5. The summed E-state index contributed by atoms with van der Waals surface area (Å²) in [6.45, 7) is 0.0401. The lowest BCUT2D eigenvalue weighted by molar-refractivity contribution is 0.101. The molecule has 0 bridgehead atoms. The third-order valence-corrected chi connectivity index (χ3v) is 4.59. The van der Waals surface area contributed by atoms with Gasteiger partial charge in [0.2, 0.25) is 5.95 Å². The second-order valence-electron chi connectivity index (χ2n) is 6.44. The fourth-order valence-corrected chi connectivity index (χ4v) is 2.99. The number of carbonyl (C=O) groups excluding carboxylic acids is 1. The Balaban J connectivity index is 1.57. The van der Waals surface area contributed by atoms with Crippen LogP contribution in [0.15, 0.2) is 77.9 Å². The highest BCUT2D eigenvalue weighted by Crippen LogP contribution is 2.17. The number of hydrogen-bond acceptors (Lipinski definition) is 5. The highest BCUT2D eigenvalue weighted by atomic mass is 16.1. The molecule has 0 saturated carbocycles. The number of hydrogen-bond donors (Lipinski definition) is 1. The molecule has 0 amide bonds. The quantitative estimate of drug-likeness (QED) is 0.546. The van der Waals surface area contributed by atoms with Crippen molar-refractivity contribution in [1.29, 1.82) is 0 Å². The number of Topliss-reactive ketones (excluding diaryl/α,β-unsaturated/α-hetero) is 1. The Morgan fingerprint density at radius 1 is 1.00 bits per heavy atom. The summed E-state index contributed by atoms with van der Waals surface area (Å²) in [5.74, 6) is 0.266. The Labute approximate surface area is 161 Å². The number of pyridine rings is 1. The molecule has 6 heteroatoms. The smallest absolute Gasteiger partial charge is 0.255 e. The lowest BCUT2D eigenvalue weighted by atomic mass is 10.0. The summed E-state index contributed by atoms with van der Waals surface area (Å²) in [6.07, 6.45) is 3.29. The molecule has 0 aliphatic heterocycles. The van der Waals surface area contributed by atoms with Crippen LogP contribution in [-0.4, -0.2) is 26.9 Å². The lowest BCUT2D eigenvalue weighted by Crippen LogP contribution is -2.24. The Kier molecular flexibility index (Phi) is 4.68. The minimum absolute atomic E-state index is 0.0401. The van der Waals surface area contributed by atoms with Gasteiger partial charge in [-0.1, -0.05) is 36.4 Å². The number of fused-ring (bicyclic) bond motifs is 1. The Bertz CT molecular complexity index is 1220. The van der Waals surface area contributed by atoms with Gasteiger partial charge >= 0.3 is 0 Å². The third kappa shape index (κ3) is 3.53. The second-order valence-corrected chi connectivity index (χ2v) is 6.44. The van der Waals surface area contributed by atoms with Crippen molar-refractivity contribution in [2.75, 3.05) is 11.9 Å². The predicted molar refractivity (Wildman–Crippen MR) is 109 cm³/mol. The van der Waals surface area contributed by atoms with Crippen molar-refractivity contribution in [1.82, 2.24) is 14.5 Å². The molecule has 0 saturated heterocycles. The molecule has 2 aromatic carbocycles. The number of nitrogens with one attached hydrogen (secondary N) is 1. The van der Waals surface area contributed by atoms with Crippen molar-refractivity contribution in [3.05, 3.63) is 89.0 Å². The molecule has 4 aromatic rings. The van der Waals surface area contributed by atoms with Crippen molar-refractivity contribution in [3.8, 4) is 11.3 Å². The summed E-state index contributed by atoms with van der Waals surface area (Å²) in [6, 6.07) is 18.5. The van der Waals surface area contributed by atoms with E-state index in [0.29, 0.717) is 17.2 Å². The van der Waals surface area contributed by atoms with Gasteiger partial charge in [-0.05, 0) is 29.0 Å². The van der Waals surface area contributed by atoms with Crippen molar-refractivity contribution < 1.29 is 4.79 Å². The molecule has 6 nitrogen and oxygen atoms in total. The standard InChI is InChI=1S/C22H18N4O2/c1-26-21(28)13-19(16-8-10-23-11-9-16)25-22(26)24-14-20(27)18-7-6-15-4-2-3-5-17(15)12-18/h2-13H,14H2,1H3,(H,24,25). The maximum atomic E-state index is 12.6. The number of benzene rings is 2. The van der Waals surface area contributed by atoms with E-state index >= 15 is 0 Å². The second kappa shape index (κ2) is 7.44.